The first kappa shape index (κ1) is 13.0. The van der Waals surface area contributed by atoms with Crippen LogP contribution in [0.4, 0.5) is 0 Å². The molecule has 0 amide bonds. The van der Waals surface area contributed by atoms with Crippen molar-refractivity contribution in [3.8, 4) is 0 Å². The molecule has 1 rings (SSSR count). The van der Waals surface area contributed by atoms with E-state index in [4.69, 9.17) is 0 Å². The number of nitrogens with one attached hydrogen (secondary N) is 1. The Labute approximate surface area is 95.4 Å². The highest BCUT2D eigenvalue weighted by molar-refractivity contribution is 4.88. The van der Waals surface area contributed by atoms with Gasteiger partial charge in [0.1, 0.15) is 0 Å². The normalized spacial score (nSPS) is 18.4. The van der Waals surface area contributed by atoms with Gasteiger partial charge in [-0.2, -0.15) is 0 Å². The van der Waals surface area contributed by atoms with Crippen LogP contribution in [0.3, 0.4) is 0 Å². The van der Waals surface area contributed by atoms with Crippen LogP contribution in [0.2, 0.25) is 0 Å². The Morgan fingerprint density at radius 3 is 2.40 bits per heavy atom. The molecule has 0 aromatic rings. The van der Waals surface area contributed by atoms with E-state index in [1.54, 1.807) is 0 Å². The minimum Gasteiger partial charge on any atom is -0.312 e. The first-order valence-corrected chi connectivity index (χ1v) is 6.77. The molecule has 1 saturated carbocycles. The van der Waals surface area contributed by atoms with Crippen LogP contribution < -0.4 is 5.32 Å². The standard InChI is InChI=1S/C13H28N2/c1-4-9-14-13(12-7-8-12)11-15(6-3)10-5-2/h12-14H,4-11H2,1-3H3. The highest BCUT2D eigenvalue weighted by Crippen LogP contribution is 2.33. The molecule has 0 heterocycles. The van der Waals surface area contributed by atoms with Gasteiger partial charge < -0.3 is 10.2 Å². The summed E-state index contributed by atoms with van der Waals surface area (Å²) in [5.74, 6) is 0.974. The Kier molecular flexibility index (Phi) is 6.26. The second kappa shape index (κ2) is 7.24. The van der Waals surface area contributed by atoms with Gasteiger partial charge >= 0.3 is 0 Å². The minimum atomic E-state index is 0.761. The van der Waals surface area contributed by atoms with Gasteiger partial charge in [0, 0.05) is 12.6 Å². The Morgan fingerprint density at radius 2 is 1.93 bits per heavy atom. The fourth-order valence-corrected chi connectivity index (χ4v) is 2.18. The van der Waals surface area contributed by atoms with Crippen LogP contribution >= 0.6 is 0 Å². The van der Waals surface area contributed by atoms with Gasteiger partial charge in [0.05, 0.1) is 0 Å². The monoisotopic (exact) mass is 212 g/mol. The quantitative estimate of drug-likeness (QED) is 0.632. The lowest BCUT2D eigenvalue weighted by Gasteiger charge is -2.27. The van der Waals surface area contributed by atoms with Gasteiger partial charge in [0.2, 0.25) is 0 Å². The molecular weight excluding hydrogens is 184 g/mol. The van der Waals surface area contributed by atoms with Crippen molar-refractivity contribution in [3.05, 3.63) is 0 Å². The molecule has 0 aliphatic heterocycles. The Balaban J connectivity index is 2.27. The van der Waals surface area contributed by atoms with E-state index in [2.05, 4.69) is 31.0 Å². The minimum absolute atomic E-state index is 0.761. The topological polar surface area (TPSA) is 15.3 Å². The van der Waals surface area contributed by atoms with E-state index in [-0.39, 0.29) is 0 Å². The Hall–Kier alpha value is -0.0800. The van der Waals surface area contributed by atoms with Gasteiger partial charge in [-0.1, -0.05) is 20.8 Å². The van der Waals surface area contributed by atoms with Crippen LogP contribution in [0.25, 0.3) is 0 Å². The second-order valence-corrected chi connectivity index (χ2v) is 4.79. The number of hydrogen-bond acceptors (Lipinski definition) is 2. The largest absolute Gasteiger partial charge is 0.312 e. The molecule has 1 N–H and O–H groups in total. The van der Waals surface area contributed by atoms with Crippen LogP contribution in [-0.4, -0.2) is 37.1 Å². The van der Waals surface area contributed by atoms with E-state index in [0.717, 1.165) is 12.0 Å². The average Bonchev–Trinajstić information content (AvgIpc) is 3.06. The zero-order chi connectivity index (χ0) is 11.1. The number of hydrogen-bond donors (Lipinski definition) is 1. The van der Waals surface area contributed by atoms with Crippen molar-refractivity contribution in [1.29, 1.82) is 0 Å². The molecule has 1 aliphatic rings. The number of nitrogens with zero attached hydrogens (tertiary/aromatic N) is 1. The summed E-state index contributed by atoms with van der Waals surface area (Å²) < 4.78 is 0. The predicted octanol–water partition coefficient (Wildman–Crippen LogP) is 2.50. The van der Waals surface area contributed by atoms with Crippen molar-refractivity contribution < 1.29 is 0 Å². The van der Waals surface area contributed by atoms with Crippen LogP contribution in [0.15, 0.2) is 0 Å². The summed E-state index contributed by atoms with van der Waals surface area (Å²) in [5.41, 5.74) is 0. The van der Waals surface area contributed by atoms with E-state index in [1.165, 1.54) is 51.9 Å². The predicted molar refractivity (Wildman–Crippen MR) is 67.2 cm³/mol. The third-order valence-electron chi connectivity index (χ3n) is 3.29. The molecule has 0 aromatic heterocycles. The fraction of sp³-hybridized carbons (Fsp3) is 1.00. The number of likely N-dealkylation sites (N-methyl/N-ethyl adjacent to an activating group) is 1. The van der Waals surface area contributed by atoms with Crippen molar-refractivity contribution >= 4 is 0 Å². The van der Waals surface area contributed by atoms with Crippen molar-refractivity contribution in [2.24, 2.45) is 5.92 Å². The molecule has 1 fully saturated rings. The van der Waals surface area contributed by atoms with Crippen molar-refractivity contribution in [1.82, 2.24) is 10.2 Å². The zero-order valence-corrected chi connectivity index (χ0v) is 10.8. The molecule has 2 nitrogen and oxygen atoms in total. The molecule has 15 heavy (non-hydrogen) atoms. The molecule has 0 bridgehead atoms. The SMILES string of the molecule is CCCNC(CN(CC)CCC)C1CC1. The Morgan fingerprint density at radius 1 is 1.20 bits per heavy atom. The lowest BCUT2D eigenvalue weighted by atomic mass is 10.1. The highest BCUT2D eigenvalue weighted by Gasteiger charge is 2.31. The Bertz CT molecular complexity index is 155. The van der Waals surface area contributed by atoms with Gasteiger partial charge in [-0.15, -0.1) is 0 Å². The first-order chi connectivity index (χ1) is 7.31. The summed E-state index contributed by atoms with van der Waals surface area (Å²) in [7, 11) is 0. The third kappa shape index (κ3) is 4.98. The lowest BCUT2D eigenvalue weighted by Crippen LogP contribution is -2.43. The van der Waals surface area contributed by atoms with Crippen molar-refractivity contribution in [2.45, 2.75) is 52.5 Å². The summed E-state index contributed by atoms with van der Waals surface area (Å²) >= 11 is 0. The maximum atomic E-state index is 3.71. The second-order valence-electron chi connectivity index (χ2n) is 4.79. The van der Waals surface area contributed by atoms with E-state index < -0.39 is 0 Å². The molecule has 0 saturated heterocycles. The van der Waals surface area contributed by atoms with E-state index in [1.807, 2.05) is 0 Å². The average molecular weight is 212 g/mol. The molecule has 90 valence electrons. The lowest BCUT2D eigenvalue weighted by molar-refractivity contribution is 0.241. The first-order valence-electron chi connectivity index (χ1n) is 6.77. The zero-order valence-electron chi connectivity index (χ0n) is 10.8. The third-order valence-corrected chi connectivity index (χ3v) is 3.29. The summed E-state index contributed by atoms with van der Waals surface area (Å²) in [6.07, 6.45) is 5.43. The van der Waals surface area contributed by atoms with Crippen molar-refractivity contribution in [2.75, 3.05) is 26.2 Å². The number of rotatable bonds is 9. The van der Waals surface area contributed by atoms with E-state index in [9.17, 15) is 0 Å². The van der Waals surface area contributed by atoms with E-state index in [0.29, 0.717) is 0 Å². The van der Waals surface area contributed by atoms with Gasteiger partial charge in [0.25, 0.3) is 0 Å². The molecular formula is C13H28N2. The molecule has 0 spiro atoms. The maximum absolute atomic E-state index is 3.71. The summed E-state index contributed by atoms with van der Waals surface area (Å²) in [5, 5.41) is 3.71. The molecule has 0 aromatic carbocycles. The van der Waals surface area contributed by atoms with Crippen LogP contribution in [0.1, 0.15) is 46.5 Å². The van der Waals surface area contributed by atoms with Gasteiger partial charge in [0.15, 0.2) is 0 Å². The van der Waals surface area contributed by atoms with Crippen LogP contribution in [0.5, 0.6) is 0 Å². The van der Waals surface area contributed by atoms with Gasteiger partial charge in [-0.25, -0.2) is 0 Å². The fourth-order valence-electron chi connectivity index (χ4n) is 2.18. The van der Waals surface area contributed by atoms with Gasteiger partial charge in [-0.05, 0) is 51.2 Å². The van der Waals surface area contributed by atoms with Crippen LogP contribution in [-0.2, 0) is 0 Å². The maximum Gasteiger partial charge on any atom is 0.0223 e. The van der Waals surface area contributed by atoms with Crippen molar-refractivity contribution in [3.63, 3.8) is 0 Å². The molecule has 1 aliphatic carbocycles. The summed E-state index contributed by atoms with van der Waals surface area (Å²) in [6.45, 7) is 11.7. The molecule has 0 radical (unpaired) electrons. The highest BCUT2D eigenvalue weighted by atomic mass is 15.1. The van der Waals surface area contributed by atoms with Gasteiger partial charge in [-0.3, -0.25) is 0 Å². The smallest absolute Gasteiger partial charge is 0.0223 e. The summed E-state index contributed by atoms with van der Waals surface area (Å²) in [6, 6.07) is 0.761. The molecule has 1 atom stereocenters. The van der Waals surface area contributed by atoms with E-state index >= 15 is 0 Å². The molecule has 2 heteroatoms. The van der Waals surface area contributed by atoms with Crippen LogP contribution in [0, 0.1) is 5.92 Å². The molecule has 1 unspecified atom stereocenters. The summed E-state index contributed by atoms with van der Waals surface area (Å²) in [4.78, 5) is 2.59.